The van der Waals surface area contributed by atoms with E-state index in [0.717, 1.165) is 18.7 Å². The van der Waals surface area contributed by atoms with E-state index in [1.165, 1.54) is 4.31 Å². The van der Waals surface area contributed by atoms with Gasteiger partial charge in [0.05, 0.1) is 5.75 Å². The molecule has 0 aliphatic carbocycles. The Hall–Kier alpha value is -0.980. The lowest BCUT2D eigenvalue weighted by Crippen LogP contribution is -2.31. The Morgan fingerprint density at radius 2 is 2.11 bits per heavy atom. The largest absolute Gasteiger partial charge is 0.320 e. The normalized spacial score (nSPS) is 11.9. The average Bonchev–Trinajstić information content (AvgIpc) is 2.42. The molecule has 0 aliphatic heterocycles. The fraction of sp³-hybridized carbons (Fsp3) is 0.615. The number of nitrogens with one attached hydrogen (secondary N) is 1. The van der Waals surface area contributed by atoms with E-state index >= 15 is 0 Å². The van der Waals surface area contributed by atoms with Crippen LogP contribution in [0.1, 0.15) is 18.5 Å². The second-order valence-corrected chi connectivity index (χ2v) is 6.71. The summed E-state index contributed by atoms with van der Waals surface area (Å²) in [7, 11) is 0.371. The summed E-state index contributed by atoms with van der Waals surface area (Å²) in [5.41, 5.74) is 0.916. The van der Waals surface area contributed by atoms with Gasteiger partial charge in [-0.15, -0.1) is 0 Å². The summed E-state index contributed by atoms with van der Waals surface area (Å²) in [4.78, 5) is 4.19. The summed E-state index contributed by atoms with van der Waals surface area (Å²) in [5, 5.41) is 3.01. The lowest BCUT2D eigenvalue weighted by atomic mass is 10.3. The molecule has 0 aliphatic rings. The highest BCUT2D eigenvalue weighted by Gasteiger charge is 2.16. The van der Waals surface area contributed by atoms with E-state index in [1.807, 2.05) is 25.2 Å². The first-order valence-corrected chi connectivity index (χ1v) is 8.15. The molecule has 0 saturated carbocycles. The van der Waals surface area contributed by atoms with Gasteiger partial charge in [-0.25, -0.2) is 12.7 Å². The van der Waals surface area contributed by atoms with Gasteiger partial charge < -0.3 is 5.32 Å². The van der Waals surface area contributed by atoms with Crippen LogP contribution in [-0.4, -0.2) is 50.6 Å². The zero-order valence-electron chi connectivity index (χ0n) is 11.7. The SMILES string of the molecule is CNCCCCS(=O)(=O)N(C)CCc1ccccn1. The molecule has 0 aromatic carbocycles. The van der Waals surface area contributed by atoms with Crippen LogP contribution in [0.2, 0.25) is 0 Å². The van der Waals surface area contributed by atoms with Crippen molar-refractivity contribution in [2.75, 3.05) is 32.9 Å². The first-order chi connectivity index (χ1) is 9.06. The molecule has 19 heavy (non-hydrogen) atoms. The van der Waals surface area contributed by atoms with Crippen molar-refractivity contribution in [1.29, 1.82) is 0 Å². The van der Waals surface area contributed by atoms with E-state index in [4.69, 9.17) is 0 Å². The second kappa shape index (κ2) is 8.24. The predicted octanol–water partition coefficient (Wildman–Crippen LogP) is 0.885. The molecule has 6 heteroatoms. The third kappa shape index (κ3) is 6.13. The van der Waals surface area contributed by atoms with E-state index in [2.05, 4.69) is 10.3 Å². The molecule has 0 unspecified atom stereocenters. The fourth-order valence-electron chi connectivity index (χ4n) is 1.70. The van der Waals surface area contributed by atoms with Crippen LogP contribution in [0, 0.1) is 0 Å². The van der Waals surface area contributed by atoms with Crippen LogP contribution in [0.15, 0.2) is 24.4 Å². The Morgan fingerprint density at radius 1 is 1.32 bits per heavy atom. The van der Waals surface area contributed by atoms with E-state index in [0.29, 0.717) is 19.4 Å². The van der Waals surface area contributed by atoms with Crippen LogP contribution in [0.5, 0.6) is 0 Å². The summed E-state index contributed by atoms with van der Waals surface area (Å²) in [6.45, 7) is 1.33. The number of likely N-dealkylation sites (N-methyl/N-ethyl adjacent to an activating group) is 1. The highest BCUT2D eigenvalue weighted by Crippen LogP contribution is 2.04. The molecule has 0 radical (unpaired) electrons. The van der Waals surface area contributed by atoms with Gasteiger partial charge in [0.25, 0.3) is 0 Å². The number of hydrogen-bond acceptors (Lipinski definition) is 4. The number of aromatic nitrogens is 1. The Labute approximate surface area is 116 Å². The van der Waals surface area contributed by atoms with E-state index in [9.17, 15) is 8.42 Å². The number of pyridine rings is 1. The Bertz CT molecular complexity index is 448. The minimum absolute atomic E-state index is 0.216. The highest BCUT2D eigenvalue weighted by molar-refractivity contribution is 7.89. The summed E-state index contributed by atoms with van der Waals surface area (Å²) in [5.74, 6) is 0.216. The topological polar surface area (TPSA) is 62.3 Å². The van der Waals surface area contributed by atoms with Crippen LogP contribution >= 0.6 is 0 Å². The van der Waals surface area contributed by atoms with Gasteiger partial charge in [0, 0.05) is 31.9 Å². The third-order valence-corrected chi connectivity index (χ3v) is 4.90. The van der Waals surface area contributed by atoms with Crippen molar-refractivity contribution in [1.82, 2.24) is 14.6 Å². The molecule has 5 nitrogen and oxygen atoms in total. The van der Waals surface area contributed by atoms with Gasteiger partial charge in [-0.05, 0) is 38.6 Å². The van der Waals surface area contributed by atoms with Crippen molar-refractivity contribution in [3.8, 4) is 0 Å². The van der Waals surface area contributed by atoms with Crippen LogP contribution in [0.4, 0.5) is 0 Å². The zero-order valence-corrected chi connectivity index (χ0v) is 12.5. The first-order valence-electron chi connectivity index (χ1n) is 6.55. The van der Waals surface area contributed by atoms with E-state index in [1.54, 1.807) is 13.2 Å². The maximum atomic E-state index is 12.0. The molecule has 0 amide bonds. The zero-order chi connectivity index (χ0) is 14.1. The summed E-state index contributed by atoms with van der Waals surface area (Å²) >= 11 is 0. The molecule has 1 aromatic rings. The summed E-state index contributed by atoms with van der Waals surface area (Å²) in [6.07, 6.45) is 3.94. The van der Waals surface area contributed by atoms with Crippen molar-refractivity contribution < 1.29 is 8.42 Å². The van der Waals surface area contributed by atoms with Crippen LogP contribution in [-0.2, 0) is 16.4 Å². The average molecular weight is 285 g/mol. The third-order valence-electron chi connectivity index (χ3n) is 2.96. The molecular formula is C13H23N3O2S. The minimum Gasteiger partial charge on any atom is -0.320 e. The molecule has 1 N–H and O–H groups in total. The molecule has 0 saturated heterocycles. The molecule has 0 atom stereocenters. The van der Waals surface area contributed by atoms with Crippen molar-refractivity contribution in [3.05, 3.63) is 30.1 Å². The van der Waals surface area contributed by atoms with Crippen LogP contribution < -0.4 is 5.32 Å². The van der Waals surface area contributed by atoms with Crippen LogP contribution in [0.25, 0.3) is 0 Å². The van der Waals surface area contributed by atoms with Gasteiger partial charge >= 0.3 is 0 Å². The van der Waals surface area contributed by atoms with E-state index < -0.39 is 10.0 Å². The van der Waals surface area contributed by atoms with Crippen molar-refractivity contribution in [3.63, 3.8) is 0 Å². The number of nitrogens with zero attached hydrogens (tertiary/aromatic N) is 2. The molecule has 1 rings (SSSR count). The van der Waals surface area contributed by atoms with Gasteiger partial charge in [-0.3, -0.25) is 4.98 Å². The van der Waals surface area contributed by atoms with Gasteiger partial charge in [-0.1, -0.05) is 6.07 Å². The number of sulfonamides is 1. The highest BCUT2D eigenvalue weighted by atomic mass is 32.2. The molecular weight excluding hydrogens is 262 g/mol. The predicted molar refractivity (Wildman–Crippen MR) is 77.5 cm³/mol. The minimum atomic E-state index is -3.13. The molecule has 0 spiro atoms. The van der Waals surface area contributed by atoms with Gasteiger partial charge in [0.2, 0.25) is 10.0 Å². The Balaban J connectivity index is 2.37. The Morgan fingerprint density at radius 3 is 2.74 bits per heavy atom. The summed E-state index contributed by atoms with van der Waals surface area (Å²) in [6, 6.07) is 5.67. The number of unbranched alkanes of at least 4 members (excludes halogenated alkanes) is 1. The molecule has 1 heterocycles. The summed E-state index contributed by atoms with van der Waals surface area (Å²) < 4.78 is 25.4. The van der Waals surface area contributed by atoms with Crippen molar-refractivity contribution >= 4 is 10.0 Å². The number of rotatable bonds is 9. The van der Waals surface area contributed by atoms with Gasteiger partial charge in [-0.2, -0.15) is 0 Å². The lowest BCUT2D eigenvalue weighted by molar-refractivity contribution is 0.468. The Kier molecular flexibility index (Phi) is 6.97. The molecule has 1 aromatic heterocycles. The van der Waals surface area contributed by atoms with Crippen molar-refractivity contribution in [2.45, 2.75) is 19.3 Å². The van der Waals surface area contributed by atoms with Crippen LogP contribution in [0.3, 0.4) is 0 Å². The maximum absolute atomic E-state index is 12.0. The molecule has 0 bridgehead atoms. The first kappa shape index (κ1) is 16.1. The lowest BCUT2D eigenvalue weighted by Gasteiger charge is -2.16. The van der Waals surface area contributed by atoms with Gasteiger partial charge in [0.15, 0.2) is 0 Å². The van der Waals surface area contributed by atoms with Crippen molar-refractivity contribution in [2.24, 2.45) is 0 Å². The maximum Gasteiger partial charge on any atom is 0.213 e. The smallest absolute Gasteiger partial charge is 0.213 e. The quantitative estimate of drug-likeness (QED) is 0.684. The molecule has 0 fully saturated rings. The second-order valence-electron chi connectivity index (χ2n) is 4.52. The molecule has 108 valence electrons. The van der Waals surface area contributed by atoms with E-state index in [-0.39, 0.29) is 5.75 Å². The fourth-order valence-corrected chi connectivity index (χ4v) is 2.95. The standard InChI is InChI=1S/C13H23N3O2S/c1-14-9-5-6-12-19(17,18)16(2)11-8-13-7-3-4-10-15-13/h3-4,7,10,14H,5-6,8-9,11-12H2,1-2H3. The monoisotopic (exact) mass is 285 g/mol. The van der Waals surface area contributed by atoms with Gasteiger partial charge in [0.1, 0.15) is 0 Å². The number of hydrogen-bond donors (Lipinski definition) is 1.